The van der Waals surface area contributed by atoms with Crippen molar-refractivity contribution in [1.29, 1.82) is 0 Å². The average molecular weight is 296 g/mol. The number of nitrogens with zero attached hydrogens (tertiary/aromatic N) is 1. The first-order chi connectivity index (χ1) is 9.01. The summed E-state index contributed by atoms with van der Waals surface area (Å²) in [6.45, 7) is 13.2. The summed E-state index contributed by atoms with van der Waals surface area (Å²) in [6, 6.07) is 3.31. The Morgan fingerprint density at radius 1 is 1.30 bits per heavy atom. The highest BCUT2D eigenvalue weighted by molar-refractivity contribution is 7.89. The van der Waals surface area contributed by atoms with E-state index in [0.29, 0.717) is 5.69 Å². The van der Waals surface area contributed by atoms with E-state index in [0.717, 1.165) is 11.1 Å². The standard InChI is InChI=1S/C15H24N2O2S/c1-7-8-17(15(4,5)6)20(18,19)14-10-13(16)9-11(2)12(14)3/h7,9-10H,1,8,16H2,2-6H3. The largest absolute Gasteiger partial charge is 0.399 e. The normalized spacial score (nSPS) is 12.7. The van der Waals surface area contributed by atoms with E-state index in [1.54, 1.807) is 19.1 Å². The maximum absolute atomic E-state index is 12.9. The Balaban J connectivity index is 3.53. The highest BCUT2D eigenvalue weighted by atomic mass is 32.2. The van der Waals surface area contributed by atoms with Crippen LogP contribution in [0.3, 0.4) is 0 Å². The molecule has 0 aliphatic rings. The molecule has 112 valence electrons. The lowest BCUT2D eigenvalue weighted by Crippen LogP contribution is -2.45. The van der Waals surface area contributed by atoms with Gasteiger partial charge in [0.1, 0.15) is 0 Å². The van der Waals surface area contributed by atoms with Gasteiger partial charge in [-0.1, -0.05) is 6.08 Å². The van der Waals surface area contributed by atoms with Crippen LogP contribution in [-0.2, 0) is 10.0 Å². The van der Waals surface area contributed by atoms with Crippen molar-refractivity contribution in [3.05, 3.63) is 35.9 Å². The summed E-state index contributed by atoms with van der Waals surface area (Å²) in [7, 11) is -3.61. The second-order valence-corrected chi connectivity index (χ2v) is 7.79. The van der Waals surface area contributed by atoms with Crippen LogP contribution >= 0.6 is 0 Å². The van der Waals surface area contributed by atoms with Crippen LogP contribution in [-0.4, -0.2) is 24.8 Å². The van der Waals surface area contributed by atoms with E-state index in [9.17, 15) is 8.42 Å². The van der Waals surface area contributed by atoms with E-state index in [2.05, 4.69) is 6.58 Å². The van der Waals surface area contributed by atoms with Gasteiger partial charge in [-0.15, -0.1) is 6.58 Å². The van der Waals surface area contributed by atoms with Gasteiger partial charge in [-0.2, -0.15) is 4.31 Å². The molecule has 4 nitrogen and oxygen atoms in total. The highest BCUT2D eigenvalue weighted by Gasteiger charge is 2.34. The van der Waals surface area contributed by atoms with E-state index < -0.39 is 15.6 Å². The molecular weight excluding hydrogens is 272 g/mol. The van der Waals surface area contributed by atoms with Crippen molar-refractivity contribution >= 4 is 15.7 Å². The minimum atomic E-state index is -3.61. The van der Waals surface area contributed by atoms with E-state index in [1.165, 1.54) is 10.4 Å². The van der Waals surface area contributed by atoms with Crippen molar-refractivity contribution < 1.29 is 8.42 Å². The summed E-state index contributed by atoms with van der Waals surface area (Å²) in [4.78, 5) is 0.270. The lowest BCUT2D eigenvalue weighted by molar-refractivity contribution is 0.269. The van der Waals surface area contributed by atoms with Gasteiger partial charge in [0.05, 0.1) is 4.90 Å². The molecule has 0 bridgehead atoms. The molecule has 5 heteroatoms. The fourth-order valence-corrected chi connectivity index (χ4v) is 4.18. The quantitative estimate of drug-likeness (QED) is 0.686. The summed E-state index contributed by atoms with van der Waals surface area (Å²) in [5, 5.41) is 0. The van der Waals surface area contributed by atoms with Gasteiger partial charge in [0.25, 0.3) is 0 Å². The van der Waals surface area contributed by atoms with E-state index in [4.69, 9.17) is 5.73 Å². The fraction of sp³-hybridized carbons (Fsp3) is 0.467. The smallest absolute Gasteiger partial charge is 0.244 e. The van der Waals surface area contributed by atoms with E-state index in [-0.39, 0.29) is 11.4 Å². The van der Waals surface area contributed by atoms with E-state index >= 15 is 0 Å². The van der Waals surface area contributed by atoms with Crippen LogP contribution in [0, 0.1) is 13.8 Å². The number of benzene rings is 1. The first-order valence-corrected chi connectivity index (χ1v) is 7.96. The van der Waals surface area contributed by atoms with Gasteiger partial charge in [-0.3, -0.25) is 0 Å². The Kier molecular flexibility index (Phi) is 4.66. The van der Waals surface area contributed by atoms with E-state index in [1.807, 2.05) is 27.7 Å². The Hall–Kier alpha value is -1.33. The number of sulfonamides is 1. The topological polar surface area (TPSA) is 63.4 Å². The molecule has 0 radical (unpaired) electrons. The monoisotopic (exact) mass is 296 g/mol. The minimum absolute atomic E-state index is 0.263. The van der Waals surface area contributed by atoms with Crippen molar-refractivity contribution in [2.45, 2.75) is 45.1 Å². The van der Waals surface area contributed by atoms with Crippen molar-refractivity contribution in [3.63, 3.8) is 0 Å². The molecule has 0 saturated carbocycles. The molecule has 0 spiro atoms. The molecule has 20 heavy (non-hydrogen) atoms. The zero-order chi connectivity index (χ0) is 15.7. The maximum atomic E-state index is 12.9. The first kappa shape index (κ1) is 16.7. The number of aryl methyl sites for hydroxylation is 1. The Bertz CT molecular complexity index is 613. The highest BCUT2D eigenvalue weighted by Crippen LogP contribution is 2.29. The minimum Gasteiger partial charge on any atom is -0.399 e. The van der Waals surface area contributed by atoms with Gasteiger partial charge in [-0.25, -0.2) is 8.42 Å². The number of nitrogen functional groups attached to an aromatic ring is 1. The van der Waals surface area contributed by atoms with Crippen molar-refractivity contribution in [3.8, 4) is 0 Å². The van der Waals surface area contributed by atoms with Gasteiger partial charge in [0, 0.05) is 17.8 Å². The van der Waals surface area contributed by atoms with Gasteiger partial charge in [0.2, 0.25) is 10.0 Å². The van der Waals surface area contributed by atoms with Crippen molar-refractivity contribution in [1.82, 2.24) is 4.31 Å². The Morgan fingerprint density at radius 3 is 2.30 bits per heavy atom. The molecule has 1 rings (SSSR count). The van der Waals surface area contributed by atoms with Crippen LogP contribution in [0.4, 0.5) is 5.69 Å². The van der Waals surface area contributed by atoms with Crippen molar-refractivity contribution in [2.75, 3.05) is 12.3 Å². The molecule has 0 fully saturated rings. The molecule has 0 aromatic heterocycles. The molecule has 0 atom stereocenters. The molecule has 2 N–H and O–H groups in total. The number of hydrogen-bond donors (Lipinski definition) is 1. The summed E-state index contributed by atoms with van der Waals surface area (Å²) in [5.41, 5.74) is 7.34. The van der Waals surface area contributed by atoms with Crippen LogP contribution in [0.25, 0.3) is 0 Å². The molecule has 0 unspecified atom stereocenters. The Labute approximate surface area is 122 Å². The summed E-state index contributed by atoms with van der Waals surface area (Å²) in [6.07, 6.45) is 1.59. The summed E-state index contributed by atoms with van der Waals surface area (Å²) >= 11 is 0. The molecular formula is C15H24N2O2S. The molecule has 0 amide bonds. The summed E-state index contributed by atoms with van der Waals surface area (Å²) in [5.74, 6) is 0. The van der Waals surface area contributed by atoms with Gasteiger partial charge < -0.3 is 5.73 Å². The second-order valence-electron chi connectivity index (χ2n) is 5.96. The van der Waals surface area contributed by atoms with Crippen LogP contribution in [0.15, 0.2) is 29.7 Å². The van der Waals surface area contributed by atoms with Crippen LogP contribution in [0.5, 0.6) is 0 Å². The molecule has 0 aliphatic heterocycles. The predicted octanol–water partition coefficient (Wildman–Crippen LogP) is 2.86. The second kappa shape index (κ2) is 5.58. The van der Waals surface area contributed by atoms with Crippen LogP contribution in [0.1, 0.15) is 31.9 Å². The molecule has 0 saturated heterocycles. The third kappa shape index (κ3) is 3.22. The molecule has 0 heterocycles. The van der Waals surface area contributed by atoms with Gasteiger partial charge >= 0.3 is 0 Å². The SMILES string of the molecule is C=CCN(C(C)(C)C)S(=O)(=O)c1cc(N)cc(C)c1C. The number of anilines is 1. The molecule has 1 aromatic rings. The number of rotatable bonds is 4. The third-order valence-electron chi connectivity index (χ3n) is 3.25. The first-order valence-electron chi connectivity index (χ1n) is 6.52. The van der Waals surface area contributed by atoms with Crippen molar-refractivity contribution in [2.24, 2.45) is 0 Å². The maximum Gasteiger partial charge on any atom is 0.244 e. The predicted molar refractivity (Wildman–Crippen MR) is 84.2 cm³/mol. The Morgan fingerprint density at radius 2 is 1.85 bits per heavy atom. The molecule has 0 aliphatic carbocycles. The lowest BCUT2D eigenvalue weighted by Gasteiger charge is -2.34. The molecule has 1 aromatic carbocycles. The number of hydrogen-bond acceptors (Lipinski definition) is 3. The summed E-state index contributed by atoms with van der Waals surface area (Å²) < 4.78 is 27.3. The lowest BCUT2D eigenvalue weighted by atomic mass is 10.1. The van der Waals surface area contributed by atoms with Gasteiger partial charge in [0.15, 0.2) is 0 Å². The zero-order valence-electron chi connectivity index (χ0n) is 12.9. The average Bonchev–Trinajstić information content (AvgIpc) is 2.28. The van der Waals surface area contributed by atoms with Crippen LogP contribution in [0.2, 0.25) is 0 Å². The number of nitrogens with two attached hydrogens (primary N) is 1. The van der Waals surface area contributed by atoms with Gasteiger partial charge in [-0.05, 0) is 57.9 Å². The zero-order valence-corrected chi connectivity index (χ0v) is 13.7. The third-order valence-corrected chi connectivity index (χ3v) is 5.51. The van der Waals surface area contributed by atoms with Crippen LogP contribution < -0.4 is 5.73 Å². The fourth-order valence-electron chi connectivity index (χ4n) is 2.09.